The number of hydrogen-bond acceptors (Lipinski definition) is 6. The molecule has 1 aromatic rings. The first kappa shape index (κ1) is 22.7. The molecule has 7 heteroatoms. The van der Waals surface area contributed by atoms with E-state index in [0.29, 0.717) is 4.88 Å². The Bertz CT molecular complexity index is 786. The molecule has 1 saturated carbocycles. The Morgan fingerprint density at radius 1 is 1.10 bits per heavy atom. The molecular formula is C23H34N2O4S. The van der Waals surface area contributed by atoms with Gasteiger partial charge in [-0.1, -0.05) is 6.08 Å². The van der Waals surface area contributed by atoms with Gasteiger partial charge >= 0.3 is 12.1 Å². The van der Waals surface area contributed by atoms with Gasteiger partial charge < -0.3 is 20.1 Å². The molecule has 3 rings (SSSR count). The molecule has 0 unspecified atom stereocenters. The molecule has 2 N–H and O–H groups in total. The maximum absolute atomic E-state index is 12.3. The van der Waals surface area contributed by atoms with Crippen LogP contribution in [0.2, 0.25) is 0 Å². The Hall–Kier alpha value is -2.02. The van der Waals surface area contributed by atoms with Gasteiger partial charge in [0, 0.05) is 17.0 Å². The van der Waals surface area contributed by atoms with Crippen LogP contribution in [-0.2, 0) is 9.47 Å². The second kappa shape index (κ2) is 9.86. The molecule has 166 valence electrons. The maximum atomic E-state index is 12.3. The number of thiophene rings is 1. The predicted octanol–water partition coefficient (Wildman–Crippen LogP) is 5.74. The standard InChI is InChI=1S/C23H34N2O4S/c1-23(2,3)29-22(27)25-17-12-10-16(11-13-17)24-18-14-19(15-8-6-5-7-9-15)30-20(18)21(26)28-4/h8,14,16-17,24H,5-7,9-13H2,1-4H3,(H,25,27). The molecule has 0 spiro atoms. The van der Waals surface area contributed by atoms with Gasteiger partial charge in [-0.2, -0.15) is 0 Å². The summed E-state index contributed by atoms with van der Waals surface area (Å²) in [7, 11) is 1.43. The smallest absolute Gasteiger partial charge is 0.407 e. The van der Waals surface area contributed by atoms with E-state index in [-0.39, 0.29) is 24.1 Å². The highest BCUT2D eigenvalue weighted by Crippen LogP contribution is 2.37. The molecule has 0 bridgehead atoms. The van der Waals surface area contributed by atoms with E-state index < -0.39 is 5.60 Å². The van der Waals surface area contributed by atoms with Crippen LogP contribution >= 0.6 is 11.3 Å². The molecule has 0 atom stereocenters. The predicted molar refractivity (Wildman–Crippen MR) is 121 cm³/mol. The fourth-order valence-corrected chi connectivity index (χ4v) is 5.15. The van der Waals surface area contributed by atoms with E-state index in [2.05, 4.69) is 22.8 Å². The second-order valence-electron chi connectivity index (χ2n) is 9.16. The normalized spacial score (nSPS) is 22.1. The largest absolute Gasteiger partial charge is 0.465 e. The molecular weight excluding hydrogens is 400 g/mol. The summed E-state index contributed by atoms with van der Waals surface area (Å²) >= 11 is 1.52. The Morgan fingerprint density at radius 3 is 2.40 bits per heavy atom. The summed E-state index contributed by atoms with van der Waals surface area (Å²) in [6.07, 6.45) is 10.2. The molecule has 0 saturated heterocycles. The lowest BCUT2D eigenvalue weighted by Crippen LogP contribution is -2.42. The molecule has 2 aliphatic rings. The fourth-order valence-electron chi connectivity index (χ4n) is 4.04. The Morgan fingerprint density at radius 2 is 1.80 bits per heavy atom. The lowest BCUT2D eigenvalue weighted by atomic mass is 9.91. The van der Waals surface area contributed by atoms with Crippen molar-refractivity contribution in [1.29, 1.82) is 0 Å². The molecule has 0 radical (unpaired) electrons. The number of alkyl carbamates (subject to hydrolysis) is 1. The topological polar surface area (TPSA) is 76.7 Å². The number of allylic oxidation sites excluding steroid dienone is 2. The monoisotopic (exact) mass is 434 g/mol. The number of ether oxygens (including phenoxy) is 2. The van der Waals surface area contributed by atoms with Crippen LogP contribution in [-0.4, -0.2) is 36.9 Å². The molecule has 0 aliphatic heterocycles. The van der Waals surface area contributed by atoms with E-state index in [4.69, 9.17) is 9.47 Å². The zero-order valence-electron chi connectivity index (χ0n) is 18.5. The number of rotatable bonds is 5. The molecule has 1 amide bonds. The number of esters is 1. The first-order valence-electron chi connectivity index (χ1n) is 10.9. The van der Waals surface area contributed by atoms with Crippen molar-refractivity contribution >= 4 is 34.7 Å². The fraction of sp³-hybridized carbons (Fsp3) is 0.652. The highest BCUT2D eigenvalue weighted by atomic mass is 32.1. The first-order valence-corrected chi connectivity index (χ1v) is 11.7. The summed E-state index contributed by atoms with van der Waals surface area (Å²) in [5.74, 6) is -0.287. The summed E-state index contributed by atoms with van der Waals surface area (Å²) in [6.45, 7) is 5.60. The molecule has 0 aromatic carbocycles. The maximum Gasteiger partial charge on any atom is 0.407 e. The van der Waals surface area contributed by atoms with Crippen LogP contribution < -0.4 is 10.6 Å². The number of carbonyl (C=O) groups is 2. The van der Waals surface area contributed by atoms with Crippen LogP contribution in [0.3, 0.4) is 0 Å². The number of methoxy groups -OCH3 is 1. The van der Waals surface area contributed by atoms with Crippen LogP contribution in [0.4, 0.5) is 10.5 Å². The van der Waals surface area contributed by atoms with Crippen molar-refractivity contribution in [3.05, 3.63) is 21.9 Å². The van der Waals surface area contributed by atoms with Gasteiger partial charge in [0.25, 0.3) is 0 Å². The van der Waals surface area contributed by atoms with Gasteiger partial charge in [0.2, 0.25) is 0 Å². The highest BCUT2D eigenvalue weighted by molar-refractivity contribution is 7.15. The number of carbonyl (C=O) groups excluding carboxylic acids is 2. The Balaban J connectivity index is 1.60. The van der Waals surface area contributed by atoms with Crippen molar-refractivity contribution in [3.63, 3.8) is 0 Å². The van der Waals surface area contributed by atoms with E-state index in [9.17, 15) is 9.59 Å². The van der Waals surface area contributed by atoms with Gasteiger partial charge in [-0.25, -0.2) is 9.59 Å². The van der Waals surface area contributed by atoms with E-state index >= 15 is 0 Å². The quantitative estimate of drug-likeness (QED) is 0.578. The van der Waals surface area contributed by atoms with Crippen molar-refractivity contribution < 1.29 is 19.1 Å². The summed E-state index contributed by atoms with van der Waals surface area (Å²) in [6, 6.07) is 2.51. The zero-order chi connectivity index (χ0) is 21.7. The summed E-state index contributed by atoms with van der Waals surface area (Å²) in [5.41, 5.74) is 1.73. The van der Waals surface area contributed by atoms with E-state index in [1.165, 1.54) is 36.9 Å². The van der Waals surface area contributed by atoms with Crippen molar-refractivity contribution in [3.8, 4) is 0 Å². The minimum atomic E-state index is -0.489. The second-order valence-corrected chi connectivity index (χ2v) is 10.2. The third-order valence-electron chi connectivity index (χ3n) is 5.52. The minimum Gasteiger partial charge on any atom is -0.465 e. The third-order valence-corrected chi connectivity index (χ3v) is 6.71. The SMILES string of the molecule is COC(=O)c1sc(C2=CCCCC2)cc1NC1CCC(NC(=O)OC(C)(C)C)CC1. The first-order chi connectivity index (χ1) is 14.2. The summed E-state index contributed by atoms with van der Waals surface area (Å²) in [4.78, 5) is 26.1. The van der Waals surface area contributed by atoms with Crippen molar-refractivity contribution in [2.45, 2.75) is 89.8 Å². The van der Waals surface area contributed by atoms with Gasteiger partial charge in [0.1, 0.15) is 10.5 Å². The molecule has 1 aromatic heterocycles. The third kappa shape index (κ3) is 6.24. The number of hydrogen-bond donors (Lipinski definition) is 2. The lowest BCUT2D eigenvalue weighted by Gasteiger charge is -2.31. The molecule has 6 nitrogen and oxygen atoms in total. The molecule has 1 fully saturated rings. The van der Waals surface area contributed by atoms with Crippen molar-refractivity contribution in [2.24, 2.45) is 0 Å². The highest BCUT2D eigenvalue weighted by Gasteiger charge is 2.27. The molecule has 2 aliphatic carbocycles. The van der Waals surface area contributed by atoms with Crippen molar-refractivity contribution in [1.82, 2.24) is 5.32 Å². The molecule has 1 heterocycles. The number of nitrogens with one attached hydrogen (secondary N) is 2. The molecule has 30 heavy (non-hydrogen) atoms. The van der Waals surface area contributed by atoms with E-state index in [1.54, 1.807) is 0 Å². The van der Waals surface area contributed by atoms with Gasteiger partial charge in [-0.15, -0.1) is 11.3 Å². The minimum absolute atomic E-state index is 0.128. The average Bonchev–Trinajstić information content (AvgIpc) is 3.12. The van der Waals surface area contributed by atoms with Crippen molar-refractivity contribution in [2.75, 3.05) is 12.4 Å². The van der Waals surface area contributed by atoms with E-state index in [1.807, 2.05) is 20.8 Å². The Labute approximate surface area is 183 Å². The van der Waals surface area contributed by atoms with Crippen LogP contribution in [0.5, 0.6) is 0 Å². The number of amides is 1. The zero-order valence-corrected chi connectivity index (χ0v) is 19.3. The van der Waals surface area contributed by atoms with Gasteiger partial charge in [0.05, 0.1) is 12.8 Å². The van der Waals surface area contributed by atoms with Gasteiger partial charge in [-0.05, 0) is 83.8 Å². The van der Waals surface area contributed by atoms with Gasteiger partial charge in [-0.3, -0.25) is 0 Å². The summed E-state index contributed by atoms with van der Waals surface area (Å²) in [5, 5.41) is 6.55. The number of anilines is 1. The lowest BCUT2D eigenvalue weighted by molar-refractivity contribution is 0.0491. The average molecular weight is 435 g/mol. The summed E-state index contributed by atoms with van der Waals surface area (Å²) < 4.78 is 10.4. The Kier molecular flexibility index (Phi) is 7.45. The van der Waals surface area contributed by atoms with E-state index in [0.717, 1.165) is 49.1 Å². The van der Waals surface area contributed by atoms with Crippen LogP contribution in [0.15, 0.2) is 12.1 Å². The van der Waals surface area contributed by atoms with Crippen LogP contribution in [0, 0.1) is 0 Å². The van der Waals surface area contributed by atoms with Crippen LogP contribution in [0.1, 0.15) is 86.7 Å². The van der Waals surface area contributed by atoms with Gasteiger partial charge in [0.15, 0.2) is 0 Å². The van der Waals surface area contributed by atoms with Crippen LogP contribution in [0.25, 0.3) is 5.57 Å².